The van der Waals surface area contributed by atoms with Crippen LogP contribution in [0.5, 0.6) is 0 Å². The first-order valence-electron chi connectivity index (χ1n) is 2.37. The molecule has 0 rings (SSSR count). The highest BCUT2D eigenvalue weighted by molar-refractivity contribution is 6.39. The number of hydrogen-bond donors (Lipinski definition) is 0. The Labute approximate surface area is 59.0 Å². The van der Waals surface area contributed by atoms with Crippen molar-refractivity contribution in [2.24, 2.45) is 0 Å². The van der Waals surface area contributed by atoms with Gasteiger partial charge in [0.05, 0.1) is 10.8 Å². The Bertz CT molecular complexity index is 78.4. The summed E-state index contributed by atoms with van der Waals surface area (Å²) in [6, 6.07) is 0. The second kappa shape index (κ2) is 3.31. The Morgan fingerprint density at radius 3 is 1.50 bits per heavy atom. The van der Waals surface area contributed by atoms with E-state index in [9.17, 15) is 4.79 Å². The van der Waals surface area contributed by atoms with Crippen molar-refractivity contribution in [1.82, 2.24) is 0 Å². The largest absolute Gasteiger partial charge is 0.296 e. The molecule has 0 aliphatic carbocycles. The summed E-state index contributed by atoms with van der Waals surface area (Å²) in [7, 11) is 0. The molecule has 0 aromatic rings. The second-order valence-electron chi connectivity index (χ2n) is 1.63. The van der Waals surface area contributed by atoms with Crippen LogP contribution in [0.4, 0.5) is 0 Å². The van der Waals surface area contributed by atoms with E-state index in [0.717, 1.165) is 0 Å². The van der Waals surface area contributed by atoms with Crippen molar-refractivity contribution in [3.05, 3.63) is 0 Å². The molecule has 2 atom stereocenters. The number of carbonyl (C=O) groups is 1. The second-order valence-corrected chi connectivity index (χ2v) is 2.94. The molecule has 48 valence electrons. The molecule has 0 bridgehead atoms. The third-order valence-corrected chi connectivity index (χ3v) is 1.21. The van der Waals surface area contributed by atoms with Gasteiger partial charge in [-0.1, -0.05) is 0 Å². The first-order chi connectivity index (χ1) is 3.55. The summed E-state index contributed by atoms with van der Waals surface area (Å²) in [6.07, 6.45) is 0. The van der Waals surface area contributed by atoms with Crippen molar-refractivity contribution >= 4 is 29.0 Å². The van der Waals surface area contributed by atoms with Crippen molar-refractivity contribution in [1.29, 1.82) is 0 Å². The van der Waals surface area contributed by atoms with E-state index in [1.807, 2.05) is 0 Å². The fourth-order valence-electron chi connectivity index (χ4n) is 0.316. The monoisotopic (exact) mass is 154 g/mol. The SMILES string of the molecule is CC(Cl)C(=O)C(C)Cl. The molecule has 0 saturated heterocycles. The van der Waals surface area contributed by atoms with Crippen molar-refractivity contribution in [3.8, 4) is 0 Å². The van der Waals surface area contributed by atoms with Gasteiger partial charge in [0.25, 0.3) is 0 Å². The lowest BCUT2D eigenvalue weighted by Crippen LogP contribution is -2.18. The topological polar surface area (TPSA) is 17.1 Å². The third-order valence-electron chi connectivity index (χ3n) is 0.784. The van der Waals surface area contributed by atoms with Gasteiger partial charge in [-0.2, -0.15) is 0 Å². The van der Waals surface area contributed by atoms with Crippen LogP contribution in [0, 0.1) is 0 Å². The van der Waals surface area contributed by atoms with Crippen LogP contribution in [0.3, 0.4) is 0 Å². The fraction of sp³-hybridized carbons (Fsp3) is 0.800. The van der Waals surface area contributed by atoms with Gasteiger partial charge in [0.2, 0.25) is 0 Å². The highest BCUT2D eigenvalue weighted by Crippen LogP contribution is 2.04. The smallest absolute Gasteiger partial charge is 0.167 e. The first kappa shape index (κ1) is 8.25. The number of halogens is 2. The number of alkyl halides is 2. The number of hydrogen-bond acceptors (Lipinski definition) is 1. The molecule has 0 fully saturated rings. The molecule has 0 heterocycles. The van der Waals surface area contributed by atoms with Crippen molar-refractivity contribution < 1.29 is 4.79 Å². The van der Waals surface area contributed by atoms with E-state index in [4.69, 9.17) is 23.2 Å². The van der Waals surface area contributed by atoms with Crippen LogP contribution in [-0.2, 0) is 4.79 Å². The number of rotatable bonds is 2. The summed E-state index contributed by atoms with van der Waals surface area (Å²) in [6.45, 7) is 3.23. The average Bonchev–Trinajstić information content (AvgIpc) is 1.64. The number of ketones is 1. The summed E-state index contributed by atoms with van der Waals surface area (Å²) in [5.74, 6) is -0.117. The summed E-state index contributed by atoms with van der Waals surface area (Å²) >= 11 is 10.8. The van der Waals surface area contributed by atoms with E-state index in [1.54, 1.807) is 13.8 Å². The number of Topliss-reactive ketones (excluding diaryl/α,β-unsaturated/α-hetero) is 1. The van der Waals surface area contributed by atoms with Crippen LogP contribution in [-0.4, -0.2) is 16.5 Å². The molecular formula is C5H8Cl2O. The van der Waals surface area contributed by atoms with Crippen LogP contribution in [0.15, 0.2) is 0 Å². The Morgan fingerprint density at radius 1 is 1.25 bits per heavy atom. The lowest BCUT2D eigenvalue weighted by Gasteiger charge is -2.01. The third kappa shape index (κ3) is 2.53. The standard InChI is InChI=1S/C5H8Cl2O/c1-3(6)5(8)4(2)7/h3-4H,1-2H3. The molecule has 0 radical (unpaired) electrons. The molecule has 0 aromatic heterocycles. The predicted molar refractivity (Wildman–Crippen MR) is 35.6 cm³/mol. The zero-order valence-corrected chi connectivity index (χ0v) is 6.33. The van der Waals surface area contributed by atoms with E-state index in [2.05, 4.69) is 0 Å². The van der Waals surface area contributed by atoms with E-state index in [0.29, 0.717) is 0 Å². The van der Waals surface area contributed by atoms with Gasteiger partial charge < -0.3 is 0 Å². The van der Waals surface area contributed by atoms with E-state index >= 15 is 0 Å². The molecule has 3 heteroatoms. The minimum atomic E-state index is -0.456. The normalized spacial score (nSPS) is 17.5. The Kier molecular flexibility index (Phi) is 3.41. The maximum Gasteiger partial charge on any atom is 0.167 e. The highest BCUT2D eigenvalue weighted by atomic mass is 35.5. The first-order valence-corrected chi connectivity index (χ1v) is 3.25. The summed E-state index contributed by atoms with van der Waals surface area (Å²) < 4.78 is 0. The van der Waals surface area contributed by atoms with Crippen molar-refractivity contribution in [3.63, 3.8) is 0 Å². The molecule has 0 spiro atoms. The van der Waals surface area contributed by atoms with Gasteiger partial charge in [-0.25, -0.2) is 0 Å². The van der Waals surface area contributed by atoms with Crippen LogP contribution >= 0.6 is 23.2 Å². The summed E-state index contributed by atoms with van der Waals surface area (Å²) in [4.78, 5) is 10.6. The minimum Gasteiger partial charge on any atom is -0.296 e. The molecule has 1 nitrogen and oxygen atoms in total. The molecule has 0 amide bonds. The zero-order valence-electron chi connectivity index (χ0n) is 4.82. The van der Waals surface area contributed by atoms with Crippen molar-refractivity contribution in [2.75, 3.05) is 0 Å². The molecule has 0 aliphatic heterocycles. The van der Waals surface area contributed by atoms with Crippen LogP contribution in [0.25, 0.3) is 0 Å². The maximum absolute atomic E-state index is 10.6. The van der Waals surface area contributed by atoms with E-state index in [-0.39, 0.29) is 5.78 Å². The van der Waals surface area contributed by atoms with Gasteiger partial charge in [-0.15, -0.1) is 23.2 Å². The lowest BCUT2D eigenvalue weighted by atomic mass is 10.2. The van der Waals surface area contributed by atoms with E-state index < -0.39 is 10.8 Å². The Hall–Kier alpha value is 0.250. The van der Waals surface area contributed by atoms with E-state index in [1.165, 1.54) is 0 Å². The van der Waals surface area contributed by atoms with Gasteiger partial charge in [0.15, 0.2) is 5.78 Å². The number of carbonyl (C=O) groups excluding carboxylic acids is 1. The van der Waals surface area contributed by atoms with Gasteiger partial charge >= 0.3 is 0 Å². The average molecular weight is 155 g/mol. The Morgan fingerprint density at radius 2 is 1.50 bits per heavy atom. The molecule has 0 N–H and O–H groups in total. The van der Waals surface area contributed by atoms with Gasteiger partial charge in [-0.3, -0.25) is 4.79 Å². The molecule has 2 unspecified atom stereocenters. The molecular weight excluding hydrogens is 147 g/mol. The van der Waals surface area contributed by atoms with Crippen LogP contribution < -0.4 is 0 Å². The predicted octanol–water partition coefficient (Wildman–Crippen LogP) is 1.81. The summed E-state index contributed by atoms with van der Waals surface area (Å²) in [5.41, 5.74) is 0. The van der Waals surface area contributed by atoms with Crippen LogP contribution in [0.1, 0.15) is 13.8 Å². The van der Waals surface area contributed by atoms with Crippen LogP contribution in [0.2, 0.25) is 0 Å². The summed E-state index contributed by atoms with van der Waals surface area (Å²) in [5, 5.41) is -0.912. The van der Waals surface area contributed by atoms with Gasteiger partial charge in [0, 0.05) is 0 Å². The lowest BCUT2D eigenvalue weighted by molar-refractivity contribution is -0.117. The van der Waals surface area contributed by atoms with Gasteiger partial charge in [0.1, 0.15) is 0 Å². The highest BCUT2D eigenvalue weighted by Gasteiger charge is 2.14. The molecule has 0 aliphatic rings. The van der Waals surface area contributed by atoms with Crippen molar-refractivity contribution in [2.45, 2.75) is 24.6 Å². The Balaban J connectivity index is 3.65. The molecule has 0 aromatic carbocycles. The quantitative estimate of drug-likeness (QED) is 0.555. The molecule has 0 saturated carbocycles. The zero-order chi connectivity index (χ0) is 6.73. The fourth-order valence-corrected chi connectivity index (χ4v) is 0.759. The van der Waals surface area contributed by atoms with Gasteiger partial charge in [-0.05, 0) is 13.8 Å². The minimum absolute atomic E-state index is 0.117. The molecule has 8 heavy (non-hydrogen) atoms. The maximum atomic E-state index is 10.6.